The molecule has 1 aliphatic heterocycles. The van der Waals surface area contributed by atoms with E-state index >= 15 is 0 Å². The Balaban J connectivity index is 1.49. The zero-order valence-electron chi connectivity index (χ0n) is 15.0. The van der Waals surface area contributed by atoms with Gasteiger partial charge in [-0.25, -0.2) is 0 Å². The molecule has 2 N–H and O–H groups in total. The molecule has 0 aromatic heterocycles. The van der Waals surface area contributed by atoms with Crippen molar-refractivity contribution in [1.82, 2.24) is 10.2 Å². The van der Waals surface area contributed by atoms with E-state index in [0.29, 0.717) is 30.6 Å². The molecule has 1 saturated heterocycles. The number of hydrogen-bond donors (Lipinski definition) is 2. The van der Waals surface area contributed by atoms with Crippen LogP contribution in [0, 0.1) is 5.41 Å². The van der Waals surface area contributed by atoms with Gasteiger partial charge in [0.05, 0.1) is 13.2 Å². The third-order valence-electron chi connectivity index (χ3n) is 4.99. The maximum absolute atomic E-state index is 12.6. The summed E-state index contributed by atoms with van der Waals surface area (Å²) in [7, 11) is 0. The number of carbonyl (C=O) groups is 3. The quantitative estimate of drug-likeness (QED) is 0.561. The summed E-state index contributed by atoms with van der Waals surface area (Å²) in [6, 6.07) is 6.70. The highest BCUT2D eigenvalue weighted by Gasteiger charge is 2.56. The molecule has 140 valence electrons. The Morgan fingerprint density at radius 1 is 1.08 bits per heavy atom. The number of rotatable bonds is 7. The normalized spacial score (nSPS) is 18.8. The van der Waals surface area contributed by atoms with Crippen LogP contribution in [0.25, 0.3) is 0 Å². The number of anilines is 1. The molecule has 2 amide bonds. The van der Waals surface area contributed by atoms with Gasteiger partial charge in [-0.2, -0.15) is 0 Å². The Bertz CT molecular complexity index is 677. The maximum atomic E-state index is 12.6. The van der Waals surface area contributed by atoms with Crippen LogP contribution in [-0.2, 0) is 14.3 Å². The highest BCUT2D eigenvalue weighted by molar-refractivity contribution is 6.13. The van der Waals surface area contributed by atoms with Crippen LogP contribution in [-0.4, -0.2) is 61.9 Å². The van der Waals surface area contributed by atoms with Gasteiger partial charge in [-0.3, -0.25) is 19.3 Å². The molecular weight excluding hydrogens is 334 g/mol. The standard InChI is InChI=1S/C19H25N3O4/c1-14(23)15-2-4-16(5-3-15)21-18(25)19(6-7-19)17(24)20-8-9-22-10-12-26-13-11-22/h2-5H,6-13H2,1H3,(H,20,24)(H,21,25). The van der Waals surface area contributed by atoms with Crippen molar-refractivity contribution in [3.8, 4) is 0 Å². The van der Waals surface area contributed by atoms with E-state index < -0.39 is 5.41 Å². The van der Waals surface area contributed by atoms with Crippen molar-refractivity contribution in [2.75, 3.05) is 44.7 Å². The fourth-order valence-corrected chi connectivity index (χ4v) is 3.04. The maximum Gasteiger partial charge on any atom is 0.240 e. The molecule has 2 aliphatic rings. The molecule has 1 aromatic rings. The molecule has 1 aromatic carbocycles. The van der Waals surface area contributed by atoms with Crippen LogP contribution in [0.1, 0.15) is 30.1 Å². The van der Waals surface area contributed by atoms with Crippen LogP contribution >= 0.6 is 0 Å². The number of morpholine rings is 1. The summed E-state index contributed by atoms with van der Waals surface area (Å²) in [6.45, 7) is 5.98. The van der Waals surface area contributed by atoms with Gasteiger partial charge < -0.3 is 15.4 Å². The zero-order chi connectivity index (χ0) is 18.6. The third-order valence-corrected chi connectivity index (χ3v) is 4.99. The van der Waals surface area contributed by atoms with Gasteiger partial charge in [0.25, 0.3) is 0 Å². The van der Waals surface area contributed by atoms with Gasteiger partial charge in [-0.15, -0.1) is 0 Å². The molecule has 0 spiro atoms. The Kier molecular flexibility index (Phi) is 5.68. The van der Waals surface area contributed by atoms with Crippen LogP contribution in [0.3, 0.4) is 0 Å². The van der Waals surface area contributed by atoms with Gasteiger partial charge in [-0.05, 0) is 44.0 Å². The number of benzene rings is 1. The smallest absolute Gasteiger partial charge is 0.240 e. The van der Waals surface area contributed by atoms with E-state index in [1.165, 1.54) is 6.92 Å². The molecule has 1 saturated carbocycles. The fourth-order valence-electron chi connectivity index (χ4n) is 3.04. The van der Waals surface area contributed by atoms with Gasteiger partial charge in [-0.1, -0.05) is 0 Å². The van der Waals surface area contributed by atoms with E-state index in [4.69, 9.17) is 4.74 Å². The SMILES string of the molecule is CC(=O)c1ccc(NC(=O)C2(C(=O)NCCN3CCOCC3)CC2)cc1. The van der Waals surface area contributed by atoms with Crippen LogP contribution in [0.4, 0.5) is 5.69 Å². The zero-order valence-corrected chi connectivity index (χ0v) is 15.0. The largest absolute Gasteiger partial charge is 0.379 e. The van der Waals surface area contributed by atoms with Crippen molar-refractivity contribution in [2.45, 2.75) is 19.8 Å². The molecule has 1 aliphatic carbocycles. The van der Waals surface area contributed by atoms with Gasteiger partial charge in [0.1, 0.15) is 5.41 Å². The first-order chi connectivity index (χ1) is 12.5. The fraction of sp³-hybridized carbons (Fsp3) is 0.526. The summed E-state index contributed by atoms with van der Waals surface area (Å²) in [6.07, 6.45) is 1.13. The van der Waals surface area contributed by atoms with E-state index in [1.807, 2.05) is 0 Å². The summed E-state index contributed by atoms with van der Waals surface area (Å²) < 4.78 is 5.30. The predicted octanol–water partition coefficient (Wildman–Crippen LogP) is 1.06. The molecule has 7 nitrogen and oxygen atoms in total. The number of nitrogens with one attached hydrogen (secondary N) is 2. The molecular formula is C19H25N3O4. The molecule has 0 atom stereocenters. The molecule has 26 heavy (non-hydrogen) atoms. The monoisotopic (exact) mass is 359 g/mol. The minimum Gasteiger partial charge on any atom is -0.379 e. The lowest BCUT2D eigenvalue weighted by Crippen LogP contribution is -2.45. The first-order valence-electron chi connectivity index (χ1n) is 9.02. The number of ether oxygens (including phenoxy) is 1. The highest BCUT2D eigenvalue weighted by atomic mass is 16.5. The van der Waals surface area contributed by atoms with E-state index in [9.17, 15) is 14.4 Å². The Hall–Kier alpha value is -2.25. The third kappa shape index (κ3) is 4.28. The van der Waals surface area contributed by atoms with Gasteiger partial charge in [0, 0.05) is 37.4 Å². The van der Waals surface area contributed by atoms with Crippen molar-refractivity contribution < 1.29 is 19.1 Å². The van der Waals surface area contributed by atoms with Crippen molar-refractivity contribution in [2.24, 2.45) is 5.41 Å². The Labute approximate surface area is 153 Å². The predicted molar refractivity (Wildman–Crippen MR) is 97.0 cm³/mol. The molecule has 0 radical (unpaired) electrons. The lowest BCUT2D eigenvalue weighted by molar-refractivity contribution is -0.134. The van der Waals surface area contributed by atoms with E-state index in [2.05, 4.69) is 15.5 Å². The average molecular weight is 359 g/mol. The molecule has 2 fully saturated rings. The van der Waals surface area contributed by atoms with Crippen molar-refractivity contribution in [1.29, 1.82) is 0 Å². The number of Topliss-reactive ketones (excluding diaryl/α,β-unsaturated/α-hetero) is 1. The van der Waals surface area contributed by atoms with E-state index in [-0.39, 0.29) is 17.6 Å². The first-order valence-corrected chi connectivity index (χ1v) is 9.02. The van der Waals surface area contributed by atoms with Crippen LogP contribution < -0.4 is 10.6 Å². The van der Waals surface area contributed by atoms with E-state index in [1.54, 1.807) is 24.3 Å². The second-order valence-electron chi connectivity index (χ2n) is 6.88. The second-order valence-corrected chi connectivity index (χ2v) is 6.88. The summed E-state index contributed by atoms with van der Waals surface area (Å²) in [5.74, 6) is -0.512. The topological polar surface area (TPSA) is 87.7 Å². The minimum absolute atomic E-state index is 0.0267. The van der Waals surface area contributed by atoms with Crippen molar-refractivity contribution in [3.63, 3.8) is 0 Å². The van der Waals surface area contributed by atoms with E-state index in [0.717, 1.165) is 32.8 Å². The number of amides is 2. The van der Waals surface area contributed by atoms with Crippen LogP contribution in [0.5, 0.6) is 0 Å². The number of ketones is 1. The molecule has 3 rings (SSSR count). The molecule has 7 heteroatoms. The summed E-state index contributed by atoms with van der Waals surface area (Å²) >= 11 is 0. The summed E-state index contributed by atoms with van der Waals surface area (Å²) in [5.41, 5.74) is 0.224. The lowest BCUT2D eigenvalue weighted by atomic mass is 10.0. The molecule has 0 bridgehead atoms. The Morgan fingerprint density at radius 3 is 2.31 bits per heavy atom. The minimum atomic E-state index is -0.954. The number of nitrogens with zero attached hydrogens (tertiary/aromatic N) is 1. The average Bonchev–Trinajstić information content (AvgIpc) is 3.45. The highest BCUT2D eigenvalue weighted by Crippen LogP contribution is 2.46. The van der Waals surface area contributed by atoms with Crippen molar-refractivity contribution >= 4 is 23.3 Å². The first kappa shape index (κ1) is 18.5. The van der Waals surface area contributed by atoms with Gasteiger partial charge in [0.15, 0.2) is 5.78 Å². The number of carbonyl (C=O) groups excluding carboxylic acids is 3. The van der Waals surface area contributed by atoms with Crippen LogP contribution in [0.2, 0.25) is 0 Å². The number of hydrogen-bond acceptors (Lipinski definition) is 5. The summed E-state index contributed by atoms with van der Waals surface area (Å²) in [5, 5.41) is 5.69. The molecule has 1 heterocycles. The molecule has 0 unspecified atom stereocenters. The summed E-state index contributed by atoms with van der Waals surface area (Å²) in [4.78, 5) is 38.6. The lowest BCUT2D eigenvalue weighted by Gasteiger charge is -2.26. The second kappa shape index (κ2) is 7.97. The van der Waals surface area contributed by atoms with Crippen LogP contribution in [0.15, 0.2) is 24.3 Å². The van der Waals surface area contributed by atoms with Crippen molar-refractivity contribution in [3.05, 3.63) is 29.8 Å². The Morgan fingerprint density at radius 2 is 1.73 bits per heavy atom. The van der Waals surface area contributed by atoms with Gasteiger partial charge in [0.2, 0.25) is 11.8 Å². The van der Waals surface area contributed by atoms with Gasteiger partial charge >= 0.3 is 0 Å².